The average molecular weight is 946 g/mol. The number of aromatic nitrogens is 2. The zero-order valence-corrected chi connectivity index (χ0v) is 45.4. The Labute approximate surface area is 386 Å². The summed E-state index contributed by atoms with van der Waals surface area (Å²) in [6, 6.07) is 0. The van der Waals surface area contributed by atoms with Crippen LogP contribution in [0.3, 0.4) is 0 Å². The van der Waals surface area contributed by atoms with Gasteiger partial charge in [0.15, 0.2) is 0 Å². The van der Waals surface area contributed by atoms with Crippen LogP contribution in [0.15, 0.2) is 72.4 Å². The van der Waals surface area contributed by atoms with Gasteiger partial charge in [-0.25, -0.2) is 9.13 Å². The number of allylic oxidation sites excluding steroid dienone is 7. The minimum absolute atomic E-state index is 0.220. The van der Waals surface area contributed by atoms with Gasteiger partial charge in [0.25, 0.3) is 0 Å². The normalized spacial score (nSPS) is 15.2. The van der Waals surface area contributed by atoms with E-state index >= 15 is 0 Å². The molecule has 1 aromatic heterocycles. The highest BCUT2D eigenvalue weighted by molar-refractivity contribution is 9.09. The molecule has 0 fully saturated rings. The van der Waals surface area contributed by atoms with E-state index in [1.165, 1.54) is 56.1 Å². The second-order valence-corrected chi connectivity index (χ2v) is 26.5. The second kappa shape index (κ2) is 24.1. The third kappa shape index (κ3) is 25.5. The lowest BCUT2D eigenvalue weighted by Gasteiger charge is -2.36. The first-order valence-corrected chi connectivity index (χ1v) is 25.4. The molecule has 0 aliphatic heterocycles. The van der Waals surface area contributed by atoms with E-state index in [1.807, 2.05) is 10.8 Å². The Kier molecular flexibility index (Phi) is 22.8. The van der Waals surface area contributed by atoms with E-state index in [9.17, 15) is 0 Å². The summed E-state index contributed by atoms with van der Waals surface area (Å²) in [5, 5.41) is 0.967. The topological polar surface area (TPSA) is 8.81 Å². The van der Waals surface area contributed by atoms with Crippen LogP contribution in [0.2, 0.25) is 0 Å². The lowest BCUT2D eigenvalue weighted by molar-refractivity contribution is -0.688. The van der Waals surface area contributed by atoms with Gasteiger partial charge in [-0.1, -0.05) is 197 Å². The number of rotatable bonds is 29. The smallest absolute Gasteiger partial charge is 0.233 e. The fraction of sp³-hybridized carbons (Fsp3) is 0.764. The van der Waals surface area contributed by atoms with Crippen LogP contribution in [0.5, 0.6) is 0 Å². The fourth-order valence-corrected chi connectivity index (χ4v) is 10.7. The summed E-state index contributed by atoms with van der Waals surface area (Å²) in [5.74, 6) is 0. The molecule has 2 nitrogen and oxygen atoms in total. The van der Waals surface area contributed by atoms with Crippen molar-refractivity contribution in [2.75, 3.05) is 5.33 Å². The fourth-order valence-electron chi connectivity index (χ4n) is 9.91. The van der Waals surface area contributed by atoms with Crippen molar-refractivity contribution in [1.29, 1.82) is 0 Å². The highest BCUT2D eigenvalue weighted by atomic mass is 79.9. The van der Waals surface area contributed by atoms with Crippen LogP contribution >= 0.6 is 31.9 Å². The van der Waals surface area contributed by atoms with E-state index in [0.717, 1.165) is 63.2 Å². The van der Waals surface area contributed by atoms with Crippen molar-refractivity contribution in [3.8, 4) is 0 Å². The van der Waals surface area contributed by atoms with Crippen LogP contribution in [0, 0.1) is 37.9 Å². The van der Waals surface area contributed by atoms with E-state index < -0.39 is 0 Å². The summed E-state index contributed by atoms with van der Waals surface area (Å²) in [6.45, 7) is 50.6. The Hall–Kier alpha value is -1.13. The molecule has 0 spiro atoms. The molecule has 1 unspecified atom stereocenters. The van der Waals surface area contributed by atoms with E-state index in [4.69, 9.17) is 0 Å². The van der Waals surface area contributed by atoms with Gasteiger partial charge in [-0.3, -0.25) is 0 Å². The Morgan fingerprint density at radius 1 is 0.661 bits per heavy atom. The van der Waals surface area contributed by atoms with E-state index in [0.29, 0.717) is 15.7 Å². The lowest BCUT2D eigenvalue weighted by atomic mass is 9.70. The van der Waals surface area contributed by atoms with Gasteiger partial charge in [-0.05, 0) is 140 Å². The molecule has 4 heteroatoms. The molecular weight excluding hydrogens is 848 g/mol. The third-order valence-electron chi connectivity index (χ3n) is 12.6. The molecule has 1 atom stereocenters. The van der Waals surface area contributed by atoms with Crippen LogP contribution in [0.25, 0.3) is 6.20 Å². The maximum atomic E-state index is 4.55. The van der Waals surface area contributed by atoms with E-state index in [1.54, 1.807) is 11.1 Å². The minimum Gasteiger partial charge on any atom is -0.233 e. The number of imidazole rings is 1. The average Bonchev–Trinajstić information content (AvgIpc) is 3.51. The first-order valence-electron chi connectivity index (χ1n) is 23.4. The first-order chi connectivity index (χ1) is 26.8. The van der Waals surface area contributed by atoms with Crippen molar-refractivity contribution < 1.29 is 4.57 Å². The Morgan fingerprint density at radius 2 is 1.17 bits per heavy atom. The summed E-state index contributed by atoms with van der Waals surface area (Å²) in [4.78, 5) is 0.390. The van der Waals surface area contributed by atoms with Gasteiger partial charge < -0.3 is 0 Å². The Balaban J connectivity index is 2.74. The molecule has 1 rings (SSSR count). The molecule has 0 saturated carbocycles. The summed E-state index contributed by atoms with van der Waals surface area (Å²) < 4.78 is 4.34. The zero-order chi connectivity index (χ0) is 45.5. The molecule has 1 aromatic rings. The molecule has 0 amide bonds. The number of hydrogen-bond donors (Lipinski definition) is 0. The predicted molar refractivity (Wildman–Crippen MR) is 274 cm³/mol. The molecule has 0 aromatic carbocycles. The van der Waals surface area contributed by atoms with Gasteiger partial charge in [0.1, 0.15) is 18.9 Å². The monoisotopic (exact) mass is 944 g/mol. The van der Waals surface area contributed by atoms with Crippen LogP contribution in [-0.2, 0) is 6.54 Å². The predicted octanol–water partition coefficient (Wildman–Crippen LogP) is 18.5. The molecule has 0 bridgehead atoms. The van der Waals surface area contributed by atoms with Crippen molar-refractivity contribution in [2.45, 2.75) is 225 Å². The summed E-state index contributed by atoms with van der Waals surface area (Å²) in [6.07, 6.45) is 33.5. The molecule has 0 saturated heterocycles. The Bertz CT molecular complexity index is 1510. The van der Waals surface area contributed by atoms with Crippen molar-refractivity contribution in [1.82, 2.24) is 4.57 Å². The van der Waals surface area contributed by atoms with Crippen molar-refractivity contribution in [2.24, 2.45) is 37.9 Å². The van der Waals surface area contributed by atoms with E-state index in [-0.39, 0.29) is 27.1 Å². The highest BCUT2D eigenvalue weighted by Crippen LogP contribution is 2.43. The molecule has 0 radical (unpaired) electrons. The van der Waals surface area contributed by atoms with Crippen LogP contribution in [0.1, 0.15) is 214 Å². The lowest BCUT2D eigenvalue weighted by Crippen LogP contribution is -2.33. The second-order valence-electron chi connectivity index (χ2n) is 24.9. The SMILES string of the molecule is C=Cn1cc[n+](C/C(=C\CCC(C)(C)C)CC(C)(C)CC(C)(C)CC/C=C(\CBr)CC(C)(C)CC/C=C(\C)CC(C)(C)CCC(Br)C(=C)CC(C)(C)CC(C)(C)CC)c1. The van der Waals surface area contributed by atoms with E-state index in [2.05, 4.69) is 204 Å². The van der Waals surface area contributed by atoms with Crippen molar-refractivity contribution >= 4 is 38.1 Å². The maximum Gasteiger partial charge on any atom is 0.248 e. The van der Waals surface area contributed by atoms with Gasteiger partial charge in [0, 0.05) is 10.2 Å². The van der Waals surface area contributed by atoms with Gasteiger partial charge in [0.2, 0.25) is 6.33 Å². The third-order valence-corrected chi connectivity index (χ3v) is 14.5. The largest absolute Gasteiger partial charge is 0.248 e. The molecular formula is C55H97Br2N2+. The maximum absolute atomic E-state index is 4.55. The van der Waals surface area contributed by atoms with Crippen LogP contribution in [-0.4, -0.2) is 14.7 Å². The highest BCUT2D eigenvalue weighted by Gasteiger charge is 2.31. The van der Waals surface area contributed by atoms with Crippen molar-refractivity contribution in [3.63, 3.8) is 0 Å². The van der Waals surface area contributed by atoms with Crippen molar-refractivity contribution in [3.05, 3.63) is 72.4 Å². The van der Waals surface area contributed by atoms with Gasteiger partial charge >= 0.3 is 0 Å². The van der Waals surface area contributed by atoms with Gasteiger partial charge in [-0.15, -0.1) is 0 Å². The number of alkyl halides is 2. The molecule has 0 aliphatic carbocycles. The number of hydrogen-bond acceptors (Lipinski definition) is 0. The first kappa shape index (κ1) is 55.9. The number of nitrogens with zero attached hydrogens (tertiary/aromatic N) is 2. The molecule has 0 N–H and O–H groups in total. The zero-order valence-electron chi connectivity index (χ0n) is 42.2. The Morgan fingerprint density at radius 3 is 1.73 bits per heavy atom. The van der Waals surface area contributed by atoms with Crippen LogP contribution in [0.4, 0.5) is 0 Å². The molecule has 1 heterocycles. The van der Waals surface area contributed by atoms with Gasteiger partial charge in [-0.2, -0.15) is 0 Å². The molecule has 59 heavy (non-hydrogen) atoms. The summed E-state index contributed by atoms with van der Waals surface area (Å²) in [5.41, 5.74) is 8.05. The minimum atomic E-state index is 0.220. The summed E-state index contributed by atoms with van der Waals surface area (Å²) >= 11 is 7.91. The van der Waals surface area contributed by atoms with Gasteiger partial charge in [0.05, 0.1) is 6.20 Å². The standard InChI is InChI=1S/C55H97Br2N2/c1-20-50(8,9)41-54(16,17)36-45(4)48(57)28-32-52(12,13)35-44(3)25-22-30-51(10,11)37-46(39-56)26-24-31-53(14,15)42-55(18,19)38-47(27-23-29-49(5,6)7)40-59-34-33-58(21-2)43-59/h21,25-27,33-34,43,48H,2,4,20,22-24,28-32,35-42H2,1,3,5-19H3/q+1/b44-25+,46-26-,47-27-. The van der Waals surface area contributed by atoms with Crippen LogP contribution < -0.4 is 4.57 Å². The molecule has 0 aliphatic rings. The summed E-state index contributed by atoms with van der Waals surface area (Å²) in [7, 11) is 0. The molecule has 340 valence electrons. The number of halogens is 2. The quantitative estimate of drug-likeness (QED) is 0.0430.